The number of benzene rings is 2. The summed E-state index contributed by atoms with van der Waals surface area (Å²) < 4.78 is 37.6. The van der Waals surface area contributed by atoms with Gasteiger partial charge < -0.3 is 0 Å². The van der Waals surface area contributed by atoms with Crippen LogP contribution in [-0.4, -0.2) is 0 Å². The monoisotopic (exact) mass is 328 g/mol. The highest BCUT2D eigenvalue weighted by molar-refractivity contribution is 5.83. The molecule has 0 amide bonds. The predicted molar refractivity (Wildman–Crippen MR) is 87.2 cm³/mol. The Bertz CT molecular complexity index is 959. The van der Waals surface area contributed by atoms with Crippen molar-refractivity contribution in [3.63, 3.8) is 0 Å². The third-order valence-corrected chi connectivity index (χ3v) is 3.69. The summed E-state index contributed by atoms with van der Waals surface area (Å²) in [6.07, 6.45) is -1.40. The minimum absolute atomic E-state index is 0.270. The van der Waals surface area contributed by atoms with Crippen LogP contribution in [-0.2, 0) is 6.18 Å². The fourth-order valence-electron chi connectivity index (χ4n) is 2.42. The van der Waals surface area contributed by atoms with E-state index in [9.17, 15) is 22.8 Å². The second kappa shape index (κ2) is 5.92. The predicted octanol–water partition coefficient (Wildman–Crippen LogP) is 4.14. The lowest BCUT2D eigenvalue weighted by atomic mass is 9.93. The van der Waals surface area contributed by atoms with Crippen LogP contribution in [0.5, 0.6) is 0 Å². The number of hydrogen-bond donors (Lipinski definition) is 0. The van der Waals surface area contributed by atoms with Gasteiger partial charge in [-0.25, -0.2) is 0 Å². The fraction of sp³-hybridized carbons (Fsp3) is 0.0526. The van der Waals surface area contributed by atoms with Crippen LogP contribution in [0.25, 0.3) is 23.3 Å². The number of rotatable bonds is 3. The van der Waals surface area contributed by atoms with Gasteiger partial charge >= 0.3 is 6.18 Å². The summed E-state index contributed by atoms with van der Waals surface area (Å²) in [5, 5.41) is 0. The SMILES string of the molecule is O=c1c(/C=C/c2ccc(C(F)(F)F)cc2)c(-c2ccccc2)c1=O. The maximum Gasteiger partial charge on any atom is 0.416 e. The third-order valence-electron chi connectivity index (χ3n) is 3.69. The maximum atomic E-state index is 12.5. The summed E-state index contributed by atoms with van der Waals surface area (Å²) in [6.45, 7) is 0. The van der Waals surface area contributed by atoms with E-state index < -0.39 is 22.6 Å². The van der Waals surface area contributed by atoms with Crippen LogP contribution in [0, 0.1) is 0 Å². The van der Waals surface area contributed by atoms with E-state index in [1.165, 1.54) is 24.3 Å². The van der Waals surface area contributed by atoms with Crippen molar-refractivity contribution in [2.75, 3.05) is 0 Å². The third kappa shape index (κ3) is 2.93. The molecule has 0 atom stereocenters. The summed E-state index contributed by atoms with van der Waals surface area (Å²) in [5.74, 6) is 0. The van der Waals surface area contributed by atoms with Crippen molar-refractivity contribution < 1.29 is 13.2 Å². The van der Waals surface area contributed by atoms with Crippen LogP contribution >= 0.6 is 0 Å². The molecule has 0 heterocycles. The Morgan fingerprint density at radius 2 is 1.38 bits per heavy atom. The van der Waals surface area contributed by atoms with Crippen LogP contribution in [0.3, 0.4) is 0 Å². The van der Waals surface area contributed by atoms with Gasteiger partial charge in [0.1, 0.15) is 0 Å². The lowest BCUT2D eigenvalue weighted by Crippen LogP contribution is -2.35. The van der Waals surface area contributed by atoms with Crippen LogP contribution in [0.1, 0.15) is 16.7 Å². The molecule has 0 spiro atoms. The lowest BCUT2D eigenvalue weighted by molar-refractivity contribution is -0.137. The summed E-state index contributed by atoms with van der Waals surface area (Å²) in [6, 6.07) is 13.3. The van der Waals surface area contributed by atoms with Crippen molar-refractivity contribution in [2.45, 2.75) is 6.18 Å². The van der Waals surface area contributed by atoms with E-state index in [4.69, 9.17) is 0 Å². The molecule has 5 heteroatoms. The standard InChI is InChI=1S/C19H11F3O2/c20-19(21,22)14-9-6-12(7-10-14)8-11-15-16(18(24)17(15)23)13-4-2-1-3-5-13/h1-11H/b11-8+. The van der Waals surface area contributed by atoms with Crippen LogP contribution in [0.4, 0.5) is 13.2 Å². The van der Waals surface area contributed by atoms with Gasteiger partial charge in [-0.05, 0) is 29.3 Å². The second-order valence-corrected chi connectivity index (χ2v) is 5.27. The Morgan fingerprint density at radius 3 is 1.96 bits per heavy atom. The Hall–Kier alpha value is -2.95. The molecule has 0 aliphatic carbocycles. The van der Waals surface area contributed by atoms with Crippen LogP contribution < -0.4 is 10.9 Å². The Labute approximate surface area is 135 Å². The summed E-state index contributed by atoms with van der Waals surface area (Å²) >= 11 is 0. The van der Waals surface area contributed by atoms with Gasteiger partial charge in [-0.1, -0.05) is 48.5 Å². The van der Waals surface area contributed by atoms with Gasteiger partial charge in [-0.3, -0.25) is 9.59 Å². The topological polar surface area (TPSA) is 34.1 Å². The Balaban J connectivity index is 1.90. The largest absolute Gasteiger partial charge is 0.416 e. The summed E-state index contributed by atoms with van der Waals surface area (Å²) in [7, 11) is 0. The van der Waals surface area contributed by atoms with Gasteiger partial charge in [0.05, 0.1) is 5.56 Å². The first-order chi connectivity index (χ1) is 11.4. The molecule has 0 fully saturated rings. The fourth-order valence-corrected chi connectivity index (χ4v) is 2.42. The first-order valence-electron chi connectivity index (χ1n) is 7.12. The molecule has 0 saturated heterocycles. The highest BCUT2D eigenvalue weighted by Crippen LogP contribution is 2.29. The molecule has 0 unspecified atom stereocenters. The molecule has 0 bridgehead atoms. The van der Waals surface area contributed by atoms with Gasteiger partial charge in [0.25, 0.3) is 0 Å². The molecule has 24 heavy (non-hydrogen) atoms. The van der Waals surface area contributed by atoms with E-state index in [0.29, 0.717) is 16.7 Å². The van der Waals surface area contributed by atoms with Gasteiger partial charge in [0.2, 0.25) is 10.9 Å². The molecule has 0 radical (unpaired) electrons. The molecule has 3 aromatic rings. The molecule has 0 aliphatic rings. The van der Waals surface area contributed by atoms with Gasteiger partial charge in [-0.15, -0.1) is 0 Å². The molecule has 3 aromatic carbocycles. The molecule has 3 rings (SSSR count). The highest BCUT2D eigenvalue weighted by Gasteiger charge is 2.29. The van der Waals surface area contributed by atoms with Crippen LogP contribution in [0.15, 0.2) is 64.2 Å². The van der Waals surface area contributed by atoms with Crippen molar-refractivity contribution in [3.05, 3.63) is 91.7 Å². The van der Waals surface area contributed by atoms with Gasteiger partial charge in [0, 0.05) is 11.1 Å². The molecule has 120 valence electrons. The van der Waals surface area contributed by atoms with Crippen molar-refractivity contribution in [3.8, 4) is 11.1 Å². The first kappa shape index (κ1) is 15.9. The molecule has 0 aromatic heterocycles. The minimum atomic E-state index is -4.39. The zero-order valence-corrected chi connectivity index (χ0v) is 12.3. The average molecular weight is 328 g/mol. The zero-order valence-electron chi connectivity index (χ0n) is 12.3. The van der Waals surface area contributed by atoms with Gasteiger partial charge in [0.15, 0.2) is 0 Å². The van der Waals surface area contributed by atoms with Crippen molar-refractivity contribution >= 4 is 12.2 Å². The quantitative estimate of drug-likeness (QED) is 0.677. The van der Waals surface area contributed by atoms with E-state index in [1.54, 1.807) is 30.3 Å². The van der Waals surface area contributed by atoms with Crippen molar-refractivity contribution in [1.82, 2.24) is 0 Å². The normalized spacial score (nSPS) is 12.1. The Morgan fingerprint density at radius 1 is 0.750 bits per heavy atom. The summed E-state index contributed by atoms with van der Waals surface area (Å²) in [5.41, 5.74) is -0.108. The van der Waals surface area contributed by atoms with Crippen LogP contribution in [0.2, 0.25) is 0 Å². The van der Waals surface area contributed by atoms with E-state index in [0.717, 1.165) is 12.1 Å². The second-order valence-electron chi connectivity index (χ2n) is 5.27. The van der Waals surface area contributed by atoms with E-state index in [-0.39, 0.29) is 5.56 Å². The number of hydrogen-bond acceptors (Lipinski definition) is 2. The van der Waals surface area contributed by atoms with Crippen molar-refractivity contribution in [2.24, 2.45) is 0 Å². The molecule has 0 N–H and O–H groups in total. The molecular formula is C19H11F3O2. The molecule has 2 nitrogen and oxygen atoms in total. The lowest BCUT2D eigenvalue weighted by Gasteiger charge is -2.08. The Kier molecular flexibility index (Phi) is 3.93. The number of alkyl halides is 3. The van der Waals surface area contributed by atoms with Crippen molar-refractivity contribution in [1.29, 1.82) is 0 Å². The smallest absolute Gasteiger partial charge is 0.285 e. The first-order valence-corrected chi connectivity index (χ1v) is 7.12. The van der Waals surface area contributed by atoms with E-state index in [2.05, 4.69) is 0 Å². The zero-order chi connectivity index (χ0) is 17.3. The van der Waals surface area contributed by atoms with E-state index in [1.807, 2.05) is 0 Å². The molecular weight excluding hydrogens is 317 g/mol. The van der Waals surface area contributed by atoms with E-state index >= 15 is 0 Å². The minimum Gasteiger partial charge on any atom is -0.285 e. The van der Waals surface area contributed by atoms with Gasteiger partial charge in [-0.2, -0.15) is 13.2 Å². The number of halogens is 3. The highest BCUT2D eigenvalue weighted by atomic mass is 19.4. The summed E-state index contributed by atoms with van der Waals surface area (Å²) in [4.78, 5) is 23.5. The molecule has 0 aliphatic heterocycles. The average Bonchev–Trinajstić information content (AvgIpc) is 2.58. The molecule has 0 saturated carbocycles. The maximum absolute atomic E-state index is 12.5.